The molecule has 0 aliphatic heterocycles. The number of nitrogens with two attached hydrogens (primary N) is 1. The van der Waals surface area contributed by atoms with Gasteiger partial charge in [0.15, 0.2) is 0 Å². The van der Waals surface area contributed by atoms with E-state index in [1.54, 1.807) is 0 Å². The van der Waals surface area contributed by atoms with Crippen molar-refractivity contribution in [2.45, 2.75) is 32.7 Å². The summed E-state index contributed by atoms with van der Waals surface area (Å²) in [4.78, 5) is 0. The number of rotatable bonds is 3. The summed E-state index contributed by atoms with van der Waals surface area (Å²) in [5, 5.41) is 20.8. The summed E-state index contributed by atoms with van der Waals surface area (Å²) in [6.45, 7) is 4.03. The quantitative estimate of drug-likeness (QED) is 0.511. The fraction of sp³-hybridized carbons (Fsp3) is 0.714. The van der Waals surface area contributed by atoms with Gasteiger partial charge in [-0.05, 0) is 13.3 Å². The summed E-state index contributed by atoms with van der Waals surface area (Å²) >= 11 is 8.08. The van der Waals surface area contributed by atoms with Crippen molar-refractivity contribution in [1.82, 2.24) is 5.32 Å². The van der Waals surface area contributed by atoms with E-state index in [1.807, 2.05) is 6.92 Å². The number of hydrogen-bond acceptors (Lipinski definition) is 4. The smallest absolute Gasteiger partial charge is 0.852 e. The first-order valence-electron chi connectivity index (χ1n) is 3.84. The maximum atomic E-state index is 10.2. The third-order valence-electron chi connectivity index (χ3n) is 1.09. The molecule has 14 heavy (non-hydrogen) atoms. The Balaban J connectivity index is -0.000000209. The molecule has 0 aromatic heterocycles. The standard InChI is InChI=1S/C6H13NOS.CH3NOS.Cu/c1-3-4-5(2)7-6(8)9;2-1(3)4;/h5H,3-4H2,1-2H3,(H2,7,8,9);(H3,2,3,4);/q;;+2/p-2. The van der Waals surface area contributed by atoms with Crippen LogP contribution < -0.4 is 21.3 Å². The van der Waals surface area contributed by atoms with Gasteiger partial charge in [0.2, 0.25) is 0 Å². The first kappa shape index (κ1) is 19.5. The Morgan fingerprint density at radius 2 is 1.79 bits per heavy atom. The maximum Gasteiger partial charge on any atom is 2.00 e. The van der Waals surface area contributed by atoms with Gasteiger partial charge in [-0.25, -0.2) is 0 Å². The van der Waals surface area contributed by atoms with E-state index in [1.165, 1.54) is 0 Å². The van der Waals surface area contributed by atoms with Crippen molar-refractivity contribution in [2.75, 3.05) is 0 Å². The summed E-state index contributed by atoms with van der Waals surface area (Å²) in [7, 11) is 0. The molecule has 1 unspecified atom stereocenters. The van der Waals surface area contributed by atoms with E-state index in [0.29, 0.717) is 0 Å². The predicted molar refractivity (Wildman–Crippen MR) is 56.9 cm³/mol. The molecule has 3 N–H and O–H groups in total. The third kappa shape index (κ3) is 29.7. The molecular formula is C7H14CuN2O2S2. The van der Waals surface area contributed by atoms with E-state index < -0.39 is 5.17 Å². The molecule has 0 rings (SSSR count). The van der Waals surface area contributed by atoms with Gasteiger partial charge in [0.1, 0.15) is 0 Å². The molecule has 0 aromatic rings. The third-order valence-corrected chi connectivity index (χ3v) is 1.20. The van der Waals surface area contributed by atoms with Gasteiger partial charge in [-0.2, -0.15) is 0 Å². The van der Waals surface area contributed by atoms with Crippen molar-refractivity contribution < 1.29 is 27.3 Å². The number of hydrogen-bond donors (Lipinski definition) is 2. The van der Waals surface area contributed by atoms with Gasteiger partial charge in [-0.3, -0.25) is 0 Å². The van der Waals surface area contributed by atoms with Gasteiger partial charge in [-0.1, -0.05) is 37.8 Å². The van der Waals surface area contributed by atoms with E-state index in [9.17, 15) is 5.11 Å². The summed E-state index contributed by atoms with van der Waals surface area (Å²) in [6, 6.07) is 0.236. The van der Waals surface area contributed by atoms with Gasteiger partial charge in [0.05, 0.1) is 0 Å². The number of thiocarbonyl (C=S) groups is 2. The molecule has 1 atom stereocenters. The normalized spacial score (nSPS) is 9.86. The molecule has 0 spiro atoms. The van der Waals surface area contributed by atoms with Crippen molar-refractivity contribution in [3.63, 3.8) is 0 Å². The van der Waals surface area contributed by atoms with Crippen LogP contribution in [-0.4, -0.2) is 16.4 Å². The van der Waals surface area contributed by atoms with Crippen LogP contribution in [0.2, 0.25) is 0 Å². The second kappa shape index (κ2) is 12.9. The monoisotopic (exact) mass is 285 g/mol. The summed E-state index contributed by atoms with van der Waals surface area (Å²) in [5.74, 6) is 0. The molecule has 87 valence electrons. The van der Waals surface area contributed by atoms with E-state index in [2.05, 4.69) is 42.4 Å². The Labute approximate surface area is 106 Å². The summed E-state index contributed by atoms with van der Waals surface area (Å²) < 4.78 is 0. The Morgan fingerprint density at radius 3 is 2.00 bits per heavy atom. The van der Waals surface area contributed by atoms with Crippen LogP contribution in [0.15, 0.2) is 0 Å². The van der Waals surface area contributed by atoms with E-state index >= 15 is 0 Å². The second-order valence-electron chi connectivity index (χ2n) is 2.44. The molecule has 0 heterocycles. The molecule has 0 aliphatic rings. The minimum Gasteiger partial charge on any atom is -0.852 e. The second-order valence-corrected chi connectivity index (χ2v) is 3.21. The van der Waals surface area contributed by atoms with E-state index in [4.69, 9.17) is 5.11 Å². The van der Waals surface area contributed by atoms with Gasteiger partial charge in [-0.15, -0.1) is 0 Å². The number of nitrogens with one attached hydrogen (secondary N) is 1. The molecule has 1 radical (unpaired) electrons. The predicted octanol–water partition coefficient (Wildman–Crippen LogP) is -1.00. The van der Waals surface area contributed by atoms with Crippen LogP contribution in [-0.2, 0) is 17.1 Å². The zero-order chi connectivity index (χ0) is 10.9. The van der Waals surface area contributed by atoms with Crippen LogP contribution in [0, 0.1) is 0 Å². The van der Waals surface area contributed by atoms with Crippen LogP contribution in [0.4, 0.5) is 0 Å². The van der Waals surface area contributed by atoms with Crippen molar-refractivity contribution in [2.24, 2.45) is 5.73 Å². The van der Waals surface area contributed by atoms with Crippen molar-refractivity contribution in [3.8, 4) is 0 Å². The molecule has 4 nitrogen and oxygen atoms in total. The topological polar surface area (TPSA) is 84.2 Å². The SMILES string of the molecule is CCCC(C)NC([O-])=S.NC([O-])=S.[Cu+2]. The minimum absolute atomic E-state index is 0. The van der Waals surface area contributed by atoms with Crippen LogP contribution >= 0.6 is 24.4 Å². The van der Waals surface area contributed by atoms with Gasteiger partial charge in [0.25, 0.3) is 0 Å². The fourth-order valence-corrected chi connectivity index (χ4v) is 0.908. The average molecular weight is 286 g/mol. The Hall–Kier alpha value is -0.101. The zero-order valence-electron chi connectivity index (χ0n) is 8.00. The Kier molecular flexibility index (Phi) is 17.9. The first-order valence-corrected chi connectivity index (χ1v) is 4.65. The molecule has 0 bridgehead atoms. The molecule has 7 heteroatoms. The first-order chi connectivity index (χ1) is 5.90. The van der Waals surface area contributed by atoms with Crippen LogP contribution in [0.3, 0.4) is 0 Å². The van der Waals surface area contributed by atoms with Gasteiger partial charge in [0, 0.05) is 16.4 Å². The van der Waals surface area contributed by atoms with E-state index in [-0.39, 0.29) is 28.3 Å². The van der Waals surface area contributed by atoms with Crippen molar-refractivity contribution >= 4 is 34.8 Å². The molecule has 0 aliphatic carbocycles. The summed E-state index contributed by atoms with van der Waals surface area (Å²) in [5.41, 5.74) is 4.29. The molecular weight excluding hydrogens is 272 g/mol. The molecule has 0 amide bonds. The molecule has 0 saturated carbocycles. The van der Waals surface area contributed by atoms with Crippen LogP contribution in [0.5, 0.6) is 0 Å². The Bertz CT molecular complexity index is 166. The fourth-order valence-electron chi connectivity index (χ4n) is 0.706. The molecule has 0 aromatic carbocycles. The Morgan fingerprint density at radius 1 is 1.43 bits per heavy atom. The maximum absolute atomic E-state index is 10.2. The molecule has 0 fully saturated rings. The van der Waals surface area contributed by atoms with Gasteiger partial charge >= 0.3 is 17.1 Å². The van der Waals surface area contributed by atoms with Crippen molar-refractivity contribution in [1.29, 1.82) is 0 Å². The van der Waals surface area contributed by atoms with Gasteiger partial charge < -0.3 is 21.3 Å². The average Bonchev–Trinajstić information content (AvgIpc) is 1.83. The van der Waals surface area contributed by atoms with E-state index in [0.717, 1.165) is 12.8 Å². The zero-order valence-corrected chi connectivity index (χ0v) is 10.6. The van der Waals surface area contributed by atoms with Crippen molar-refractivity contribution in [3.05, 3.63) is 0 Å². The summed E-state index contributed by atoms with van der Waals surface area (Å²) in [6.07, 6.45) is 2.08. The largest absolute Gasteiger partial charge is 2.00 e. The minimum atomic E-state index is -0.750. The molecule has 0 saturated heterocycles. The van der Waals surface area contributed by atoms with Crippen LogP contribution in [0.25, 0.3) is 0 Å². The van der Waals surface area contributed by atoms with Crippen LogP contribution in [0.1, 0.15) is 26.7 Å².